The van der Waals surface area contributed by atoms with Gasteiger partial charge in [0.15, 0.2) is 5.78 Å². The third kappa shape index (κ3) is 24.7. The fourth-order valence-corrected chi connectivity index (χ4v) is 5.84. The standard InChI is InChI=1S/C18H23N3O4.C10H17N3O2.C10H14N2O2.C9H10O.3CH4.H3N/c1-18(2,3)25-17(23)21-10-14(9-19)15(11-21)20-16(22)24-12-13-7-5-4-6-8-13;1-10(2,3)15-9(14)13-5-7(4-11)8(12)6-13;1-10(2,3)14-9(13)12-5-4-8(6-11)7-12;1-2-9(10)8-6-4-3-5-7-8;;;;/h4-8,14-15H,10-12H2,1-3H3,(H,20,22);7-8H,5-6,12H2,1-3H3;4H,5,7H2,1-3H3;3-7H,2H2,1H3;3*1H4;1H3. The van der Waals surface area contributed by atoms with Crippen LogP contribution in [-0.2, 0) is 25.6 Å². The molecule has 4 atom stereocenters. The largest absolute Gasteiger partial charge is 0.445 e. The third-order valence-corrected chi connectivity index (χ3v) is 8.97. The van der Waals surface area contributed by atoms with Crippen molar-refractivity contribution in [2.45, 2.75) is 133 Å². The Hall–Kier alpha value is -6.68. The molecule has 0 spiro atoms. The molecule has 2 fully saturated rings. The predicted molar refractivity (Wildman–Crippen MR) is 263 cm³/mol. The van der Waals surface area contributed by atoms with Crippen molar-refractivity contribution < 1.29 is 42.9 Å². The van der Waals surface area contributed by atoms with Gasteiger partial charge in [0.1, 0.15) is 23.4 Å². The number of nitriles is 3. The third-order valence-electron chi connectivity index (χ3n) is 8.97. The average molecular weight is 950 g/mol. The molecule has 4 amide bonds. The minimum absolute atomic E-state index is 0. The van der Waals surface area contributed by atoms with Crippen molar-refractivity contribution in [3.8, 4) is 18.2 Å². The van der Waals surface area contributed by atoms with E-state index in [4.69, 9.17) is 35.2 Å². The zero-order chi connectivity index (χ0) is 48.3. The van der Waals surface area contributed by atoms with E-state index in [0.717, 1.165) is 11.1 Å². The number of Topliss-reactive ketones (excluding diaryl/α,β-unsaturated/α-hetero) is 1. The van der Waals surface area contributed by atoms with Crippen LogP contribution >= 0.6 is 0 Å². The number of hydrogen-bond acceptors (Lipinski definition) is 14. The quantitative estimate of drug-likeness (QED) is 0.186. The Morgan fingerprint density at radius 1 is 0.676 bits per heavy atom. The maximum Gasteiger partial charge on any atom is 0.410 e. The highest BCUT2D eigenvalue weighted by molar-refractivity contribution is 5.95. The van der Waals surface area contributed by atoms with Crippen LogP contribution in [0.1, 0.15) is 114 Å². The van der Waals surface area contributed by atoms with Crippen LogP contribution in [0.4, 0.5) is 19.2 Å². The lowest BCUT2D eigenvalue weighted by Crippen LogP contribution is -2.41. The molecule has 0 aromatic heterocycles. The van der Waals surface area contributed by atoms with Crippen molar-refractivity contribution in [3.05, 3.63) is 83.4 Å². The van der Waals surface area contributed by atoms with Gasteiger partial charge in [-0.1, -0.05) is 89.9 Å². The van der Waals surface area contributed by atoms with Gasteiger partial charge in [-0.3, -0.25) is 9.69 Å². The van der Waals surface area contributed by atoms with Crippen molar-refractivity contribution in [2.24, 2.45) is 17.6 Å². The molecule has 0 aliphatic carbocycles. The Labute approximate surface area is 405 Å². The van der Waals surface area contributed by atoms with Gasteiger partial charge in [0.2, 0.25) is 0 Å². The molecule has 18 nitrogen and oxygen atoms in total. The maximum atomic E-state index is 12.1. The fraction of sp³-hybridized carbons (Fsp3) is 0.560. The number of rotatable bonds is 5. The number of likely N-dealkylation sites (tertiary alicyclic amines) is 2. The molecule has 0 radical (unpaired) electrons. The summed E-state index contributed by atoms with van der Waals surface area (Å²) in [7, 11) is 0. The van der Waals surface area contributed by atoms with E-state index in [0.29, 0.717) is 38.2 Å². The maximum absolute atomic E-state index is 12.1. The van der Waals surface area contributed by atoms with Crippen LogP contribution < -0.4 is 17.2 Å². The molecule has 3 heterocycles. The van der Waals surface area contributed by atoms with Crippen LogP contribution in [0.2, 0.25) is 0 Å². The zero-order valence-corrected chi connectivity index (χ0v) is 39.5. The van der Waals surface area contributed by atoms with Crippen LogP contribution in [0.5, 0.6) is 0 Å². The molecule has 0 bridgehead atoms. The van der Waals surface area contributed by atoms with Gasteiger partial charge in [-0.05, 0) is 74.0 Å². The van der Waals surface area contributed by atoms with Crippen LogP contribution in [0.15, 0.2) is 72.3 Å². The zero-order valence-electron chi connectivity index (χ0n) is 39.5. The Morgan fingerprint density at radius 2 is 1.12 bits per heavy atom. The second-order valence-electron chi connectivity index (χ2n) is 18.1. The number of amides is 4. The predicted octanol–water partition coefficient (Wildman–Crippen LogP) is 9.41. The van der Waals surface area contributed by atoms with Gasteiger partial charge < -0.3 is 45.9 Å². The number of alkyl carbamates (subject to hydrolysis) is 1. The summed E-state index contributed by atoms with van der Waals surface area (Å²) < 4.78 is 20.8. The van der Waals surface area contributed by atoms with E-state index in [9.17, 15) is 29.2 Å². The summed E-state index contributed by atoms with van der Waals surface area (Å²) >= 11 is 0. The molecule has 378 valence electrons. The van der Waals surface area contributed by atoms with Crippen LogP contribution in [-0.4, -0.2) is 113 Å². The topological polar surface area (TPSA) is 276 Å². The monoisotopic (exact) mass is 950 g/mol. The second kappa shape index (κ2) is 30.6. The van der Waals surface area contributed by atoms with E-state index >= 15 is 0 Å². The Balaban J connectivity index is -0.000000858. The SMILES string of the molecule is C.C.C.CC(C)(C)OC(=O)N1CC(C#N)C(NC(=O)OCc2ccccc2)C1.CC(C)(C)OC(=O)N1CC(N)C(C#N)C1.CC(C)(C)OC(=O)N1CC=C(C#N)C1.CCC(=O)c1ccccc1.N. The number of nitrogens with zero attached hydrogens (tertiary/aromatic N) is 6. The number of ketones is 1. The Morgan fingerprint density at radius 3 is 1.53 bits per heavy atom. The van der Waals surface area contributed by atoms with E-state index in [1.807, 2.05) is 115 Å². The van der Waals surface area contributed by atoms with E-state index in [1.165, 1.54) is 14.7 Å². The van der Waals surface area contributed by atoms with Crippen LogP contribution in [0.3, 0.4) is 0 Å². The fourth-order valence-electron chi connectivity index (χ4n) is 5.84. The van der Waals surface area contributed by atoms with Crippen molar-refractivity contribution in [3.63, 3.8) is 0 Å². The van der Waals surface area contributed by atoms with E-state index < -0.39 is 47.0 Å². The van der Waals surface area contributed by atoms with Crippen molar-refractivity contribution in [1.29, 1.82) is 15.8 Å². The molecule has 3 aliphatic rings. The highest BCUT2D eigenvalue weighted by Crippen LogP contribution is 2.21. The Kier molecular flexibility index (Phi) is 29.5. The number of carbonyl (C=O) groups is 5. The molecular formula is C50H79N9O9. The summed E-state index contributed by atoms with van der Waals surface area (Å²) in [5, 5.41) is 29.3. The normalized spacial score (nSPS) is 17.8. The molecule has 2 saturated heterocycles. The van der Waals surface area contributed by atoms with Crippen molar-refractivity contribution in [2.75, 3.05) is 39.3 Å². The van der Waals surface area contributed by atoms with E-state index in [1.54, 1.807) is 26.8 Å². The summed E-state index contributed by atoms with van der Waals surface area (Å²) in [6.07, 6.45) is 0.470. The van der Waals surface area contributed by atoms with Gasteiger partial charge in [-0.25, -0.2) is 19.2 Å². The van der Waals surface area contributed by atoms with Gasteiger partial charge in [0, 0.05) is 56.3 Å². The number of ether oxygens (including phenoxy) is 4. The van der Waals surface area contributed by atoms with E-state index in [-0.39, 0.29) is 72.0 Å². The first-order chi connectivity index (χ1) is 29.9. The summed E-state index contributed by atoms with van der Waals surface area (Å²) in [6, 6.07) is 24.1. The molecule has 18 heteroatoms. The van der Waals surface area contributed by atoms with Gasteiger partial charge in [-0.15, -0.1) is 0 Å². The first-order valence-electron chi connectivity index (χ1n) is 21.0. The lowest BCUT2D eigenvalue weighted by molar-refractivity contribution is 0.0278. The number of hydrogen-bond donors (Lipinski definition) is 3. The van der Waals surface area contributed by atoms with Crippen LogP contribution in [0.25, 0.3) is 0 Å². The minimum Gasteiger partial charge on any atom is -0.445 e. The summed E-state index contributed by atoms with van der Waals surface area (Å²) in [4.78, 5) is 62.6. The molecule has 3 aliphatic heterocycles. The van der Waals surface area contributed by atoms with E-state index in [2.05, 4.69) is 17.5 Å². The summed E-state index contributed by atoms with van der Waals surface area (Å²) in [6.45, 7) is 20.3. The number of benzene rings is 2. The van der Waals surface area contributed by atoms with Crippen LogP contribution in [0, 0.1) is 45.8 Å². The molecule has 4 unspecified atom stereocenters. The van der Waals surface area contributed by atoms with Crippen molar-refractivity contribution >= 4 is 30.2 Å². The average Bonchev–Trinajstić information content (AvgIpc) is 3.98. The summed E-state index contributed by atoms with van der Waals surface area (Å²) in [5.74, 6) is -0.574. The number of nitrogens with two attached hydrogens (primary N) is 1. The van der Waals surface area contributed by atoms with Gasteiger partial charge >= 0.3 is 24.4 Å². The lowest BCUT2D eigenvalue weighted by atomic mass is 10.1. The molecule has 6 N–H and O–H groups in total. The number of nitrogens with one attached hydrogen (secondary N) is 1. The van der Waals surface area contributed by atoms with Gasteiger partial charge in [-0.2, -0.15) is 15.8 Å². The second-order valence-corrected chi connectivity index (χ2v) is 18.1. The smallest absolute Gasteiger partial charge is 0.410 e. The molecule has 0 saturated carbocycles. The minimum atomic E-state index is -0.612. The van der Waals surface area contributed by atoms with Gasteiger partial charge in [0.05, 0.1) is 42.6 Å². The lowest BCUT2D eigenvalue weighted by Gasteiger charge is -2.24. The first kappa shape index (κ1) is 65.6. The van der Waals surface area contributed by atoms with Crippen molar-refractivity contribution in [1.82, 2.24) is 26.2 Å². The first-order valence-corrected chi connectivity index (χ1v) is 21.0. The molecule has 68 heavy (non-hydrogen) atoms. The molecule has 2 aromatic rings. The number of carbonyl (C=O) groups excluding carboxylic acids is 5. The molecule has 2 aromatic carbocycles. The van der Waals surface area contributed by atoms with Gasteiger partial charge in [0.25, 0.3) is 0 Å². The highest BCUT2D eigenvalue weighted by Gasteiger charge is 2.39. The Bertz CT molecular complexity index is 2030. The summed E-state index contributed by atoms with van der Waals surface area (Å²) in [5.41, 5.74) is 6.41. The highest BCUT2D eigenvalue weighted by atomic mass is 16.6. The molecule has 5 rings (SSSR count). The molecular weight excluding hydrogens is 871 g/mol.